The van der Waals surface area contributed by atoms with E-state index in [2.05, 4.69) is 5.32 Å². The summed E-state index contributed by atoms with van der Waals surface area (Å²) in [5.41, 5.74) is 2.10. The standard InChI is InChI=1S/C24H23FN2O4S/c1-31-20-10-12-21(13-11-20)32(29,30)27-16-19-8-3-2-6-17(19)14-23(27)24(28)26-15-18-7-4-5-9-22(18)25/h2-13,23H,14-16H2,1H3,(H,26,28)/t23-/m1/s1. The summed E-state index contributed by atoms with van der Waals surface area (Å²) in [6, 6.07) is 18.7. The molecule has 4 rings (SSSR count). The molecule has 6 nitrogen and oxygen atoms in total. The minimum Gasteiger partial charge on any atom is -0.497 e. The molecule has 0 saturated carbocycles. The monoisotopic (exact) mass is 454 g/mol. The normalized spacial score (nSPS) is 16.2. The Morgan fingerprint density at radius 2 is 1.69 bits per heavy atom. The Labute approximate surface area is 186 Å². The van der Waals surface area contributed by atoms with E-state index in [1.807, 2.05) is 24.3 Å². The van der Waals surface area contributed by atoms with Crippen molar-refractivity contribution in [3.8, 4) is 5.75 Å². The molecular formula is C24H23FN2O4S. The number of fused-ring (bicyclic) bond motifs is 1. The molecule has 1 heterocycles. The number of ether oxygens (including phenoxy) is 1. The summed E-state index contributed by atoms with van der Waals surface area (Å²) in [5.74, 6) is -0.364. The Morgan fingerprint density at radius 3 is 2.38 bits per heavy atom. The van der Waals surface area contributed by atoms with E-state index in [1.54, 1.807) is 30.3 Å². The first-order chi connectivity index (χ1) is 15.4. The zero-order valence-corrected chi connectivity index (χ0v) is 18.3. The van der Waals surface area contributed by atoms with Gasteiger partial charge in [-0.25, -0.2) is 12.8 Å². The second-order valence-electron chi connectivity index (χ2n) is 7.52. The molecule has 0 unspecified atom stereocenters. The van der Waals surface area contributed by atoms with Gasteiger partial charge in [0, 0.05) is 18.7 Å². The van der Waals surface area contributed by atoms with Gasteiger partial charge in [-0.05, 0) is 47.9 Å². The molecule has 1 aliphatic rings. The smallest absolute Gasteiger partial charge is 0.244 e. The van der Waals surface area contributed by atoms with Gasteiger partial charge in [-0.15, -0.1) is 0 Å². The third-order valence-corrected chi connectivity index (χ3v) is 7.45. The van der Waals surface area contributed by atoms with Gasteiger partial charge in [-0.1, -0.05) is 42.5 Å². The van der Waals surface area contributed by atoms with Crippen molar-refractivity contribution in [1.82, 2.24) is 9.62 Å². The quantitative estimate of drug-likeness (QED) is 0.620. The van der Waals surface area contributed by atoms with Gasteiger partial charge in [0.1, 0.15) is 17.6 Å². The number of hydrogen-bond donors (Lipinski definition) is 1. The molecule has 0 fully saturated rings. The summed E-state index contributed by atoms with van der Waals surface area (Å²) in [6.45, 7) is 0.0440. The fraction of sp³-hybridized carbons (Fsp3) is 0.208. The van der Waals surface area contributed by atoms with Gasteiger partial charge in [-0.3, -0.25) is 4.79 Å². The van der Waals surface area contributed by atoms with Gasteiger partial charge in [0.15, 0.2) is 0 Å². The van der Waals surface area contributed by atoms with Crippen molar-refractivity contribution >= 4 is 15.9 Å². The van der Waals surface area contributed by atoms with Crippen LogP contribution in [0.2, 0.25) is 0 Å². The van der Waals surface area contributed by atoms with Crippen LogP contribution in [0.1, 0.15) is 16.7 Å². The summed E-state index contributed by atoms with van der Waals surface area (Å²) in [5, 5.41) is 2.71. The van der Waals surface area contributed by atoms with Crippen molar-refractivity contribution in [2.45, 2.75) is 30.4 Å². The fourth-order valence-electron chi connectivity index (χ4n) is 3.80. The van der Waals surface area contributed by atoms with Crippen molar-refractivity contribution in [2.75, 3.05) is 7.11 Å². The van der Waals surface area contributed by atoms with Crippen LogP contribution in [0.3, 0.4) is 0 Å². The average Bonchev–Trinajstić information content (AvgIpc) is 2.82. The van der Waals surface area contributed by atoms with Gasteiger partial charge in [0.2, 0.25) is 15.9 Å². The summed E-state index contributed by atoms with van der Waals surface area (Å²) in [6.07, 6.45) is 0.231. The van der Waals surface area contributed by atoms with Crippen molar-refractivity contribution in [2.24, 2.45) is 0 Å². The second kappa shape index (κ2) is 9.10. The topological polar surface area (TPSA) is 75.7 Å². The first kappa shape index (κ1) is 22.0. The van der Waals surface area contributed by atoms with Gasteiger partial charge in [-0.2, -0.15) is 4.31 Å². The molecule has 1 amide bonds. The largest absolute Gasteiger partial charge is 0.497 e. The number of nitrogens with one attached hydrogen (secondary N) is 1. The third kappa shape index (κ3) is 4.37. The van der Waals surface area contributed by atoms with Crippen LogP contribution in [-0.4, -0.2) is 31.8 Å². The molecule has 166 valence electrons. The van der Waals surface area contributed by atoms with E-state index in [0.29, 0.717) is 11.3 Å². The van der Waals surface area contributed by atoms with E-state index in [-0.39, 0.29) is 24.4 Å². The molecule has 0 spiro atoms. The molecule has 1 aliphatic heterocycles. The Kier molecular flexibility index (Phi) is 6.25. The van der Waals surface area contributed by atoms with Crippen LogP contribution < -0.4 is 10.1 Å². The van der Waals surface area contributed by atoms with Crippen molar-refractivity contribution in [3.05, 3.63) is 95.3 Å². The van der Waals surface area contributed by atoms with E-state index < -0.39 is 27.8 Å². The highest BCUT2D eigenvalue weighted by Gasteiger charge is 2.39. The first-order valence-electron chi connectivity index (χ1n) is 10.1. The number of rotatable bonds is 6. The van der Waals surface area contributed by atoms with E-state index in [4.69, 9.17) is 4.74 Å². The highest BCUT2D eigenvalue weighted by Crippen LogP contribution is 2.30. The van der Waals surface area contributed by atoms with Gasteiger partial charge in [0.25, 0.3) is 0 Å². The Hall–Kier alpha value is -3.23. The molecule has 3 aromatic rings. The maximum atomic E-state index is 14.0. The predicted octanol–water partition coefficient (Wildman–Crippen LogP) is 3.27. The minimum absolute atomic E-state index is 0.0277. The summed E-state index contributed by atoms with van der Waals surface area (Å²) >= 11 is 0. The van der Waals surface area contributed by atoms with Crippen LogP contribution in [-0.2, 0) is 34.3 Å². The lowest BCUT2D eigenvalue weighted by Gasteiger charge is -2.35. The van der Waals surface area contributed by atoms with E-state index in [1.165, 1.54) is 29.6 Å². The minimum atomic E-state index is -3.97. The number of methoxy groups -OCH3 is 1. The van der Waals surface area contributed by atoms with Crippen molar-refractivity contribution in [3.63, 3.8) is 0 Å². The molecule has 0 bridgehead atoms. The molecule has 0 radical (unpaired) electrons. The zero-order valence-electron chi connectivity index (χ0n) is 17.5. The predicted molar refractivity (Wildman–Crippen MR) is 118 cm³/mol. The molecule has 1 N–H and O–H groups in total. The number of halogens is 1. The Bertz CT molecular complexity index is 1230. The average molecular weight is 455 g/mol. The SMILES string of the molecule is COc1ccc(S(=O)(=O)N2Cc3ccccc3C[C@@H]2C(=O)NCc2ccccc2F)cc1. The Balaban J connectivity index is 1.64. The third-order valence-electron chi connectivity index (χ3n) is 5.59. The van der Waals surface area contributed by atoms with E-state index in [0.717, 1.165) is 11.1 Å². The van der Waals surface area contributed by atoms with E-state index >= 15 is 0 Å². The van der Waals surface area contributed by atoms with Crippen molar-refractivity contribution < 1.29 is 22.3 Å². The molecule has 0 saturated heterocycles. The first-order valence-corrected chi connectivity index (χ1v) is 11.6. The van der Waals surface area contributed by atoms with Crippen LogP contribution in [0.4, 0.5) is 4.39 Å². The maximum absolute atomic E-state index is 14.0. The summed E-state index contributed by atoms with van der Waals surface area (Å²) in [7, 11) is -2.47. The Morgan fingerprint density at radius 1 is 1.03 bits per heavy atom. The molecule has 0 aromatic heterocycles. The van der Waals surface area contributed by atoms with Crippen molar-refractivity contribution in [1.29, 1.82) is 0 Å². The number of hydrogen-bond acceptors (Lipinski definition) is 4. The summed E-state index contributed by atoms with van der Waals surface area (Å²) in [4.78, 5) is 13.2. The van der Waals surface area contributed by atoms with Crippen LogP contribution in [0, 0.1) is 5.82 Å². The van der Waals surface area contributed by atoms with Gasteiger partial charge < -0.3 is 10.1 Å². The number of amides is 1. The number of benzene rings is 3. The van der Waals surface area contributed by atoms with E-state index in [9.17, 15) is 17.6 Å². The molecule has 32 heavy (non-hydrogen) atoms. The van der Waals surface area contributed by atoms with Gasteiger partial charge >= 0.3 is 0 Å². The second-order valence-corrected chi connectivity index (χ2v) is 9.41. The number of carbonyl (C=O) groups is 1. The molecular weight excluding hydrogens is 431 g/mol. The lowest BCUT2D eigenvalue weighted by Crippen LogP contribution is -2.52. The highest BCUT2D eigenvalue weighted by atomic mass is 32.2. The van der Waals surface area contributed by atoms with Crippen LogP contribution in [0.15, 0.2) is 77.7 Å². The van der Waals surface area contributed by atoms with Crippen LogP contribution in [0.25, 0.3) is 0 Å². The summed E-state index contributed by atoms with van der Waals surface area (Å²) < 4.78 is 47.3. The molecule has 3 aromatic carbocycles. The fourth-order valence-corrected chi connectivity index (χ4v) is 5.37. The number of carbonyl (C=O) groups excluding carboxylic acids is 1. The molecule has 0 aliphatic carbocycles. The molecule has 8 heteroatoms. The van der Waals surface area contributed by atoms with Crippen LogP contribution in [0.5, 0.6) is 5.75 Å². The lowest BCUT2D eigenvalue weighted by molar-refractivity contribution is -0.125. The lowest BCUT2D eigenvalue weighted by atomic mass is 9.95. The maximum Gasteiger partial charge on any atom is 0.244 e. The number of nitrogens with zero attached hydrogens (tertiary/aromatic N) is 1. The van der Waals surface area contributed by atoms with Gasteiger partial charge in [0.05, 0.1) is 12.0 Å². The highest BCUT2D eigenvalue weighted by molar-refractivity contribution is 7.89. The van der Waals surface area contributed by atoms with Crippen LogP contribution >= 0.6 is 0 Å². The zero-order chi connectivity index (χ0) is 22.7. The molecule has 1 atom stereocenters. The number of sulfonamides is 1.